The molecule has 30 heavy (non-hydrogen) atoms. The fourth-order valence-corrected chi connectivity index (χ4v) is 3.40. The number of fused-ring (bicyclic) bond motifs is 2. The van der Waals surface area contributed by atoms with Gasteiger partial charge in [-0.15, -0.1) is 0 Å². The molecule has 0 saturated carbocycles. The highest BCUT2D eigenvalue weighted by molar-refractivity contribution is 5.81. The fraction of sp³-hybridized carbons (Fsp3) is 0.238. The van der Waals surface area contributed by atoms with Crippen LogP contribution in [0.1, 0.15) is 6.42 Å². The van der Waals surface area contributed by atoms with Gasteiger partial charge in [0.05, 0.1) is 34.5 Å². The normalized spacial score (nSPS) is 14.2. The van der Waals surface area contributed by atoms with E-state index in [1.54, 1.807) is 0 Å². The maximum atomic E-state index is 12.6. The molecular weight excluding hydrogens is 387 g/mol. The van der Waals surface area contributed by atoms with Gasteiger partial charge in [0.1, 0.15) is 5.82 Å². The Morgan fingerprint density at radius 2 is 1.50 bits per heavy atom. The molecule has 154 valence electrons. The van der Waals surface area contributed by atoms with Crippen molar-refractivity contribution in [1.82, 2.24) is 25.3 Å². The fourth-order valence-electron chi connectivity index (χ4n) is 3.40. The maximum absolute atomic E-state index is 12.6. The predicted molar refractivity (Wildman–Crippen MR) is 114 cm³/mol. The summed E-state index contributed by atoms with van der Waals surface area (Å²) in [5.74, 6) is -0.388. The first kappa shape index (κ1) is 19.7. The third-order valence-electron chi connectivity index (χ3n) is 4.93. The molecule has 2 aromatic carbocycles. The second kappa shape index (κ2) is 8.83. The summed E-state index contributed by atoms with van der Waals surface area (Å²) in [4.78, 5) is 38.0. The third-order valence-corrected chi connectivity index (χ3v) is 4.93. The van der Waals surface area contributed by atoms with Crippen LogP contribution in [-0.2, 0) is 0 Å². The molecule has 0 radical (unpaired) electrons. The van der Waals surface area contributed by atoms with Crippen LogP contribution in [0.3, 0.4) is 0 Å². The standard InChI is InChI=1S/C13H16N4O.C8H5FN2O/c18-13-11-3-2-10(8-12(11)15-9-16-13)17-6-1-4-14-5-7-17;9-5-1-2-6-7(3-5)10-4-11-8(6)12/h2-3,8-9,14H,1,4-7H2,(H,15,16,18);1-4H,(H,10,11,12). The van der Waals surface area contributed by atoms with Gasteiger partial charge in [-0.25, -0.2) is 14.4 Å². The van der Waals surface area contributed by atoms with Crippen LogP contribution in [0.25, 0.3) is 21.8 Å². The summed E-state index contributed by atoms with van der Waals surface area (Å²) >= 11 is 0. The number of benzene rings is 2. The first-order valence-electron chi connectivity index (χ1n) is 9.68. The molecule has 4 aromatic rings. The Hall–Kier alpha value is -3.59. The number of nitrogens with zero attached hydrogens (tertiary/aromatic N) is 3. The van der Waals surface area contributed by atoms with Gasteiger partial charge in [-0.1, -0.05) is 0 Å². The Morgan fingerprint density at radius 3 is 2.23 bits per heavy atom. The molecule has 3 heterocycles. The van der Waals surface area contributed by atoms with Crippen molar-refractivity contribution in [3.63, 3.8) is 0 Å². The SMILES string of the molecule is O=c1[nH]cnc2cc(F)ccc12.O=c1[nH]cnc2cc(N3CCCNCC3)ccc12. The van der Waals surface area contributed by atoms with Gasteiger partial charge in [-0.05, 0) is 43.3 Å². The van der Waals surface area contributed by atoms with Gasteiger partial charge in [0.25, 0.3) is 11.1 Å². The second-order valence-corrected chi connectivity index (χ2v) is 6.92. The van der Waals surface area contributed by atoms with Crippen LogP contribution < -0.4 is 21.3 Å². The van der Waals surface area contributed by atoms with Gasteiger partial charge in [0.2, 0.25) is 0 Å². The van der Waals surface area contributed by atoms with E-state index in [-0.39, 0.29) is 16.9 Å². The van der Waals surface area contributed by atoms with Crippen molar-refractivity contribution in [3.8, 4) is 0 Å². The zero-order valence-corrected chi connectivity index (χ0v) is 16.2. The monoisotopic (exact) mass is 408 g/mol. The molecule has 3 N–H and O–H groups in total. The van der Waals surface area contributed by atoms with Crippen molar-refractivity contribution in [2.24, 2.45) is 0 Å². The second-order valence-electron chi connectivity index (χ2n) is 6.92. The van der Waals surface area contributed by atoms with Crippen LogP contribution in [0, 0.1) is 5.82 Å². The zero-order chi connectivity index (χ0) is 20.9. The van der Waals surface area contributed by atoms with Crippen LogP contribution in [0.5, 0.6) is 0 Å². The van der Waals surface area contributed by atoms with Crippen LogP contribution in [0.2, 0.25) is 0 Å². The van der Waals surface area contributed by atoms with E-state index >= 15 is 0 Å². The van der Waals surface area contributed by atoms with Crippen molar-refractivity contribution in [3.05, 3.63) is 75.6 Å². The highest BCUT2D eigenvalue weighted by Crippen LogP contribution is 2.19. The molecule has 1 aliphatic rings. The number of halogens is 1. The number of aromatic amines is 2. The van der Waals surface area contributed by atoms with E-state index in [0.29, 0.717) is 16.3 Å². The van der Waals surface area contributed by atoms with E-state index in [1.165, 1.54) is 30.9 Å². The van der Waals surface area contributed by atoms with Gasteiger partial charge in [-0.2, -0.15) is 0 Å². The molecule has 1 aliphatic heterocycles. The molecule has 1 fully saturated rings. The number of hydrogen-bond donors (Lipinski definition) is 3. The molecule has 0 unspecified atom stereocenters. The van der Waals surface area contributed by atoms with Crippen molar-refractivity contribution in [1.29, 1.82) is 0 Å². The summed E-state index contributed by atoms with van der Waals surface area (Å²) < 4.78 is 12.6. The average molecular weight is 408 g/mol. The first-order chi connectivity index (χ1) is 14.6. The van der Waals surface area contributed by atoms with E-state index in [4.69, 9.17) is 0 Å². The highest BCUT2D eigenvalue weighted by Gasteiger charge is 2.10. The lowest BCUT2D eigenvalue weighted by molar-refractivity contribution is 0.629. The molecule has 2 aromatic heterocycles. The van der Waals surface area contributed by atoms with E-state index in [2.05, 4.69) is 30.2 Å². The Bertz CT molecular complexity index is 1280. The topological polar surface area (TPSA) is 107 Å². The van der Waals surface area contributed by atoms with Crippen molar-refractivity contribution in [2.75, 3.05) is 31.1 Å². The summed E-state index contributed by atoms with van der Waals surface area (Å²) in [5.41, 5.74) is 1.94. The average Bonchev–Trinajstić information content (AvgIpc) is 3.04. The molecule has 8 nitrogen and oxygen atoms in total. The van der Waals surface area contributed by atoms with Gasteiger partial charge in [0.15, 0.2) is 0 Å². The molecule has 5 rings (SSSR count). The van der Waals surface area contributed by atoms with Crippen molar-refractivity contribution >= 4 is 27.5 Å². The van der Waals surface area contributed by atoms with E-state index in [1.807, 2.05) is 18.2 Å². The summed E-state index contributed by atoms with van der Waals surface area (Å²) in [5, 5.41) is 4.43. The largest absolute Gasteiger partial charge is 0.370 e. The van der Waals surface area contributed by atoms with Crippen LogP contribution in [0.15, 0.2) is 58.6 Å². The van der Waals surface area contributed by atoms with Crippen molar-refractivity contribution < 1.29 is 4.39 Å². The van der Waals surface area contributed by atoms with Crippen LogP contribution >= 0.6 is 0 Å². The van der Waals surface area contributed by atoms with Crippen LogP contribution in [-0.4, -0.2) is 46.1 Å². The van der Waals surface area contributed by atoms with E-state index < -0.39 is 0 Å². The zero-order valence-electron chi connectivity index (χ0n) is 16.2. The lowest BCUT2D eigenvalue weighted by Crippen LogP contribution is -2.27. The molecule has 9 heteroatoms. The number of hydrogen-bond acceptors (Lipinski definition) is 6. The van der Waals surface area contributed by atoms with E-state index in [0.717, 1.165) is 43.8 Å². The lowest BCUT2D eigenvalue weighted by atomic mass is 10.2. The van der Waals surface area contributed by atoms with Gasteiger partial charge in [-0.3, -0.25) is 9.59 Å². The Balaban J connectivity index is 0.000000158. The van der Waals surface area contributed by atoms with Crippen LogP contribution in [0.4, 0.5) is 10.1 Å². The number of nitrogens with one attached hydrogen (secondary N) is 3. The highest BCUT2D eigenvalue weighted by atomic mass is 19.1. The number of rotatable bonds is 1. The lowest BCUT2D eigenvalue weighted by Gasteiger charge is -2.22. The summed E-state index contributed by atoms with van der Waals surface area (Å²) in [6.07, 6.45) is 3.85. The Morgan fingerprint density at radius 1 is 0.833 bits per heavy atom. The minimum atomic E-state index is -0.388. The molecular formula is C21H21FN6O2. The third kappa shape index (κ3) is 4.36. The minimum Gasteiger partial charge on any atom is -0.370 e. The minimum absolute atomic E-state index is 0.0796. The van der Waals surface area contributed by atoms with Gasteiger partial charge < -0.3 is 20.2 Å². The molecule has 0 atom stereocenters. The molecule has 0 amide bonds. The molecule has 1 saturated heterocycles. The predicted octanol–water partition coefficient (Wildman–Crippen LogP) is 1.78. The van der Waals surface area contributed by atoms with Crippen molar-refractivity contribution in [2.45, 2.75) is 6.42 Å². The van der Waals surface area contributed by atoms with E-state index in [9.17, 15) is 14.0 Å². The summed E-state index contributed by atoms with van der Waals surface area (Å²) in [7, 11) is 0. The summed E-state index contributed by atoms with van der Waals surface area (Å²) in [6.45, 7) is 4.11. The Kier molecular flexibility index (Phi) is 5.80. The quantitative estimate of drug-likeness (QED) is 0.443. The Labute approximate surface area is 170 Å². The summed E-state index contributed by atoms with van der Waals surface area (Å²) in [6, 6.07) is 9.73. The molecule has 0 bridgehead atoms. The number of anilines is 1. The smallest absolute Gasteiger partial charge is 0.258 e. The first-order valence-corrected chi connectivity index (χ1v) is 9.68. The van der Waals surface area contributed by atoms with Gasteiger partial charge in [0, 0.05) is 31.4 Å². The number of H-pyrrole nitrogens is 2. The molecule has 0 spiro atoms. The maximum Gasteiger partial charge on any atom is 0.258 e. The number of aromatic nitrogens is 4. The molecule has 0 aliphatic carbocycles. The van der Waals surface area contributed by atoms with Gasteiger partial charge >= 0.3 is 0 Å².